The topological polar surface area (TPSA) is 12.5 Å². The van der Waals surface area contributed by atoms with E-state index in [9.17, 15) is 17.6 Å². The third-order valence-electron chi connectivity index (χ3n) is 0.787. The lowest BCUT2D eigenvalue weighted by Crippen LogP contribution is -2.08. The van der Waals surface area contributed by atoms with Gasteiger partial charge in [0, 0.05) is 0 Å². The molecule has 8 heavy (non-hydrogen) atoms. The summed E-state index contributed by atoms with van der Waals surface area (Å²) in [7, 11) is 0. The van der Waals surface area contributed by atoms with Crippen molar-refractivity contribution in [2.75, 3.05) is 0 Å². The second kappa shape index (κ2) is 1.34. The third kappa shape index (κ3) is 0.774. The van der Waals surface area contributed by atoms with Gasteiger partial charge >= 0.3 is 6.11 Å². The maximum atomic E-state index is 11.3. The summed E-state index contributed by atoms with van der Waals surface area (Å²) in [6.45, 7) is 0. The highest BCUT2D eigenvalue weighted by Gasteiger charge is 2.65. The van der Waals surface area contributed by atoms with Crippen LogP contribution >= 0.6 is 0 Å². The van der Waals surface area contributed by atoms with Crippen molar-refractivity contribution >= 4 is 0 Å². The van der Waals surface area contributed by atoms with E-state index in [1.165, 1.54) is 0 Å². The van der Waals surface area contributed by atoms with Gasteiger partial charge in [-0.3, -0.25) is 4.74 Å². The van der Waals surface area contributed by atoms with E-state index >= 15 is 0 Å². The minimum atomic E-state index is -3.56. The molecule has 0 amide bonds. The molecule has 1 nitrogen and oxygen atoms in total. The molecule has 1 rings (SSSR count). The molecule has 1 aliphatic heterocycles. The van der Waals surface area contributed by atoms with Crippen LogP contribution in [0.3, 0.4) is 0 Å². The molecule has 0 bridgehead atoms. The lowest BCUT2D eigenvalue weighted by molar-refractivity contribution is 0.000360. The van der Waals surface area contributed by atoms with Gasteiger partial charge in [0.15, 0.2) is 0 Å². The molecule has 0 radical (unpaired) electrons. The molecular formula is C3H2F4O. The Morgan fingerprint density at radius 2 is 1.75 bits per heavy atom. The first-order chi connectivity index (χ1) is 3.54. The van der Waals surface area contributed by atoms with E-state index in [4.69, 9.17) is 0 Å². The SMILES string of the molecule is FC(F)C1OC1(F)F. The number of rotatable bonds is 1. The summed E-state index contributed by atoms with van der Waals surface area (Å²) in [5.74, 6) is 0. The first-order valence-corrected chi connectivity index (χ1v) is 1.88. The Hall–Kier alpha value is -0.320. The summed E-state index contributed by atoms with van der Waals surface area (Å²) in [4.78, 5) is 0. The number of hydrogen-bond acceptors (Lipinski definition) is 1. The van der Waals surface area contributed by atoms with Crippen molar-refractivity contribution in [2.45, 2.75) is 18.6 Å². The zero-order chi connectivity index (χ0) is 6.36. The number of epoxide rings is 1. The second-order valence-corrected chi connectivity index (χ2v) is 1.43. The minimum Gasteiger partial charge on any atom is -0.299 e. The van der Waals surface area contributed by atoms with Crippen molar-refractivity contribution in [3.05, 3.63) is 0 Å². The highest BCUT2D eigenvalue weighted by atomic mass is 19.3. The predicted molar refractivity (Wildman–Crippen MR) is 15.8 cm³/mol. The molecule has 1 heterocycles. The standard InChI is InChI=1S/C3H2F4O/c4-2(5)1-3(6,7)8-1/h1-2H. The third-order valence-corrected chi connectivity index (χ3v) is 0.787. The molecule has 0 spiro atoms. The molecule has 0 aliphatic carbocycles. The van der Waals surface area contributed by atoms with Crippen LogP contribution in [0.2, 0.25) is 0 Å². The molecule has 48 valence electrons. The Morgan fingerprint density at radius 1 is 1.38 bits per heavy atom. The number of hydrogen-bond donors (Lipinski definition) is 0. The van der Waals surface area contributed by atoms with Gasteiger partial charge in [-0.05, 0) is 0 Å². The normalized spacial score (nSPS) is 33.4. The maximum Gasteiger partial charge on any atom is 0.388 e. The van der Waals surface area contributed by atoms with E-state index in [1.807, 2.05) is 0 Å². The minimum absolute atomic E-state index is 2.15. The van der Waals surface area contributed by atoms with Gasteiger partial charge < -0.3 is 0 Å². The number of alkyl halides is 4. The zero-order valence-corrected chi connectivity index (χ0v) is 3.57. The van der Waals surface area contributed by atoms with Crippen LogP contribution in [0.4, 0.5) is 17.6 Å². The molecule has 0 N–H and O–H groups in total. The Morgan fingerprint density at radius 3 is 1.75 bits per heavy atom. The van der Waals surface area contributed by atoms with E-state index < -0.39 is 18.6 Å². The molecule has 5 heteroatoms. The molecule has 0 aromatic rings. The van der Waals surface area contributed by atoms with Gasteiger partial charge in [-0.2, -0.15) is 8.78 Å². The van der Waals surface area contributed by atoms with Crippen molar-refractivity contribution in [3.63, 3.8) is 0 Å². The average Bonchev–Trinajstić information content (AvgIpc) is 2.13. The van der Waals surface area contributed by atoms with E-state index in [2.05, 4.69) is 4.74 Å². The van der Waals surface area contributed by atoms with E-state index in [0.717, 1.165) is 0 Å². The fourth-order valence-electron chi connectivity index (χ4n) is 0.333. The van der Waals surface area contributed by atoms with Gasteiger partial charge in [-0.15, -0.1) is 0 Å². The van der Waals surface area contributed by atoms with Gasteiger partial charge in [0.2, 0.25) is 6.10 Å². The number of ether oxygens (including phenoxy) is 1. The summed E-state index contributed by atoms with van der Waals surface area (Å²) in [5.41, 5.74) is 0. The van der Waals surface area contributed by atoms with Crippen molar-refractivity contribution in [2.24, 2.45) is 0 Å². The smallest absolute Gasteiger partial charge is 0.299 e. The average molecular weight is 130 g/mol. The van der Waals surface area contributed by atoms with Crippen molar-refractivity contribution < 1.29 is 22.3 Å². The van der Waals surface area contributed by atoms with Crippen LogP contribution in [0.5, 0.6) is 0 Å². The first kappa shape index (κ1) is 5.81. The summed E-state index contributed by atoms with van der Waals surface area (Å²) in [6.07, 6.45) is -8.78. The Bertz CT molecular complexity index is 101. The van der Waals surface area contributed by atoms with Gasteiger partial charge in [-0.1, -0.05) is 0 Å². The van der Waals surface area contributed by atoms with Crippen LogP contribution in [0.25, 0.3) is 0 Å². The van der Waals surface area contributed by atoms with Crippen LogP contribution in [0.1, 0.15) is 0 Å². The summed E-state index contributed by atoms with van der Waals surface area (Å²) in [5, 5.41) is 0. The van der Waals surface area contributed by atoms with Crippen molar-refractivity contribution in [3.8, 4) is 0 Å². The van der Waals surface area contributed by atoms with Gasteiger partial charge in [0.1, 0.15) is 0 Å². The number of halogens is 4. The Balaban J connectivity index is 2.37. The van der Waals surface area contributed by atoms with Crippen molar-refractivity contribution in [1.82, 2.24) is 0 Å². The molecule has 0 aromatic heterocycles. The fourth-order valence-corrected chi connectivity index (χ4v) is 0.333. The van der Waals surface area contributed by atoms with Crippen LogP contribution in [-0.2, 0) is 4.74 Å². The molecule has 1 fully saturated rings. The molecule has 1 saturated heterocycles. The largest absolute Gasteiger partial charge is 0.388 e. The Labute approximate surface area is 42.2 Å². The molecule has 1 aliphatic rings. The van der Waals surface area contributed by atoms with E-state index in [0.29, 0.717) is 0 Å². The Kier molecular flexibility index (Phi) is 0.974. The monoisotopic (exact) mass is 130 g/mol. The first-order valence-electron chi connectivity index (χ1n) is 1.88. The van der Waals surface area contributed by atoms with Crippen LogP contribution < -0.4 is 0 Å². The van der Waals surface area contributed by atoms with Crippen LogP contribution in [0, 0.1) is 0 Å². The second-order valence-electron chi connectivity index (χ2n) is 1.43. The van der Waals surface area contributed by atoms with Crippen LogP contribution in [0.15, 0.2) is 0 Å². The summed E-state index contributed by atoms with van der Waals surface area (Å²) < 4.78 is 48.2. The summed E-state index contributed by atoms with van der Waals surface area (Å²) >= 11 is 0. The molecule has 0 aromatic carbocycles. The predicted octanol–water partition coefficient (Wildman–Crippen LogP) is 1.24. The summed E-state index contributed by atoms with van der Waals surface area (Å²) in [6, 6.07) is 0. The van der Waals surface area contributed by atoms with Gasteiger partial charge in [0.05, 0.1) is 0 Å². The maximum absolute atomic E-state index is 11.3. The van der Waals surface area contributed by atoms with Gasteiger partial charge in [-0.25, -0.2) is 8.78 Å². The quantitative estimate of drug-likeness (QED) is 0.384. The highest BCUT2D eigenvalue weighted by Crippen LogP contribution is 2.42. The van der Waals surface area contributed by atoms with Gasteiger partial charge in [0.25, 0.3) is 6.43 Å². The van der Waals surface area contributed by atoms with Crippen molar-refractivity contribution in [1.29, 1.82) is 0 Å². The lowest BCUT2D eigenvalue weighted by atomic mass is 10.5. The molecule has 0 saturated carbocycles. The fraction of sp³-hybridized carbons (Fsp3) is 1.00. The lowest BCUT2D eigenvalue weighted by Gasteiger charge is -1.85. The molecular weight excluding hydrogens is 128 g/mol. The molecule has 1 atom stereocenters. The highest BCUT2D eigenvalue weighted by molar-refractivity contribution is 4.85. The van der Waals surface area contributed by atoms with E-state index in [1.54, 1.807) is 0 Å². The van der Waals surface area contributed by atoms with E-state index in [-0.39, 0.29) is 0 Å². The van der Waals surface area contributed by atoms with Crippen LogP contribution in [-0.4, -0.2) is 18.6 Å². The molecule has 1 unspecified atom stereocenters. The zero-order valence-electron chi connectivity index (χ0n) is 3.57.